The van der Waals surface area contributed by atoms with Crippen LogP contribution in [-0.2, 0) is 3.02 Å². The number of hydrogen-bond donors (Lipinski definition) is 1. The summed E-state index contributed by atoms with van der Waals surface area (Å²) in [6.45, 7) is 0. The third kappa shape index (κ3) is 2.05. The van der Waals surface area contributed by atoms with Gasteiger partial charge in [-0.2, -0.15) is 0 Å². The Bertz CT molecular complexity index is 244. The van der Waals surface area contributed by atoms with Crippen LogP contribution in [0.2, 0.25) is 5.02 Å². The third-order valence-corrected chi connectivity index (χ3v) is 3.70. The first-order valence-electron chi connectivity index (χ1n) is 2.69. The van der Waals surface area contributed by atoms with Gasteiger partial charge in [0.1, 0.15) is 0 Å². The van der Waals surface area contributed by atoms with Crippen molar-refractivity contribution in [3.63, 3.8) is 0 Å². The molecule has 2 nitrogen and oxygen atoms in total. The molecule has 0 heterocycles. The van der Waals surface area contributed by atoms with Gasteiger partial charge >= 0.3 is 71.4 Å². The Morgan fingerprint density at radius 2 is 1.80 bits per heavy atom. The van der Waals surface area contributed by atoms with Crippen molar-refractivity contribution in [2.24, 2.45) is 0 Å². The van der Waals surface area contributed by atoms with Crippen molar-refractivity contribution in [2.45, 2.75) is 0 Å². The molecule has 0 aromatic heterocycles. The van der Waals surface area contributed by atoms with E-state index in [0.29, 0.717) is 8.53 Å². The standard InChI is InChI=1S/C6H4Cl.H2O.O.Sb.H/c7-6-4-2-1-3-5-6;;;;/h2-5H;1H2;;;/q;;;+1;/p-1. The summed E-state index contributed by atoms with van der Waals surface area (Å²) in [6.07, 6.45) is 0. The molecule has 54 valence electrons. The van der Waals surface area contributed by atoms with Gasteiger partial charge < -0.3 is 0 Å². The monoisotopic (exact) mass is 266 g/mol. The first-order valence-corrected chi connectivity index (χ1v) is 6.93. The van der Waals surface area contributed by atoms with E-state index in [1.54, 1.807) is 24.3 Å². The molecule has 0 bridgehead atoms. The Labute approximate surface area is 71.4 Å². The van der Waals surface area contributed by atoms with Gasteiger partial charge in [0, 0.05) is 0 Å². The van der Waals surface area contributed by atoms with Gasteiger partial charge in [-0.05, 0) is 0 Å². The molecule has 1 unspecified atom stereocenters. The van der Waals surface area contributed by atoms with E-state index >= 15 is 0 Å². The van der Waals surface area contributed by atoms with Crippen molar-refractivity contribution in [3.8, 4) is 0 Å². The fourth-order valence-electron chi connectivity index (χ4n) is 0.592. The molecular formula is C6H6ClO2Sb. The Kier molecular flexibility index (Phi) is 2.84. The van der Waals surface area contributed by atoms with E-state index in [2.05, 4.69) is 0 Å². The zero-order valence-corrected chi connectivity index (χ0v) is 8.65. The van der Waals surface area contributed by atoms with Gasteiger partial charge in [0.25, 0.3) is 0 Å². The van der Waals surface area contributed by atoms with Crippen LogP contribution in [0.3, 0.4) is 0 Å². The van der Waals surface area contributed by atoms with E-state index in [4.69, 9.17) is 15.0 Å². The number of benzene rings is 1. The number of halogens is 1. The molecule has 1 atom stereocenters. The molecule has 4 heteroatoms. The second-order valence-electron chi connectivity index (χ2n) is 1.81. The fraction of sp³-hybridized carbons (Fsp3) is 0. The van der Waals surface area contributed by atoms with Crippen LogP contribution in [0, 0.1) is 0 Å². The fourth-order valence-corrected chi connectivity index (χ4v) is 2.01. The van der Waals surface area contributed by atoms with E-state index in [1.807, 2.05) is 0 Å². The zero-order chi connectivity index (χ0) is 7.56. The molecule has 0 amide bonds. The van der Waals surface area contributed by atoms with E-state index in [0.717, 1.165) is 0 Å². The summed E-state index contributed by atoms with van der Waals surface area (Å²) in [5.74, 6) is 0. The summed E-state index contributed by atoms with van der Waals surface area (Å²) in [5, 5.41) is 0.591. The zero-order valence-electron chi connectivity index (χ0n) is 5.04. The Morgan fingerprint density at radius 3 is 2.20 bits per heavy atom. The van der Waals surface area contributed by atoms with Gasteiger partial charge in [0.05, 0.1) is 0 Å². The SMILES string of the molecule is [O]=[SbH]([OH])[c]1ccc(Cl)cc1. The molecule has 0 aliphatic heterocycles. The number of rotatable bonds is 1. The second-order valence-corrected chi connectivity index (χ2v) is 5.64. The molecule has 1 N–H and O–H groups in total. The third-order valence-electron chi connectivity index (χ3n) is 1.09. The first-order chi connectivity index (χ1) is 4.70. The van der Waals surface area contributed by atoms with E-state index in [-0.39, 0.29) is 0 Å². The van der Waals surface area contributed by atoms with Crippen LogP contribution in [0.1, 0.15) is 0 Å². The van der Waals surface area contributed by atoms with Gasteiger partial charge in [0.15, 0.2) is 0 Å². The molecule has 0 aliphatic rings. The molecule has 0 radical (unpaired) electrons. The maximum absolute atomic E-state index is 10.5. The van der Waals surface area contributed by atoms with Crippen LogP contribution in [0.5, 0.6) is 0 Å². The van der Waals surface area contributed by atoms with Crippen molar-refractivity contribution in [3.05, 3.63) is 29.3 Å². The van der Waals surface area contributed by atoms with Crippen LogP contribution in [0.4, 0.5) is 0 Å². The number of hydrogen-bond acceptors (Lipinski definition) is 1. The van der Waals surface area contributed by atoms with Crippen LogP contribution in [0.25, 0.3) is 0 Å². The Hall–Kier alpha value is 0.0882. The molecule has 1 aromatic carbocycles. The predicted molar refractivity (Wildman–Crippen MR) is 41.1 cm³/mol. The summed E-state index contributed by atoms with van der Waals surface area (Å²) in [5.41, 5.74) is 0. The van der Waals surface area contributed by atoms with Crippen molar-refractivity contribution in [1.29, 1.82) is 0 Å². The van der Waals surface area contributed by atoms with Crippen molar-refractivity contribution >= 4 is 35.7 Å². The second kappa shape index (κ2) is 3.47. The summed E-state index contributed by atoms with van der Waals surface area (Å²) in [7, 11) is 0. The summed E-state index contributed by atoms with van der Waals surface area (Å²) in [6, 6.07) is 6.41. The summed E-state index contributed by atoms with van der Waals surface area (Å²) in [4.78, 5) is 0. The molecule has 0 saturated heterocycles. The van der Waals surface area contributed by atoms with Gasteiger partial charge in [-0.1, -0.05) is 0 Å². The Balaban J connectivity index is 3.00. The normalized spacial score (nSPS) is 13.0. The minimum atomic E-state index is -3.36. The van der Waals surface area contributed by atoms with Gasteiger partial charge in [0.2, 0.25) is 0 Å². The molecule has 0 aliphatic carbocycles. The van der Waals surface area contributed by atoms with Crippen LogP contribution in [-0.4, -0.2) is 24.0 Å². The van der Waals surface area contributed by atoms with E-state index < -0.39 is 20.6 Å². The molecule has 0 spiro atoms. The molecule has 0 saturated carbocycles. The molecular weight excluding hydrogens is 261 g/mol. The van der Waals surface area contributed by atoms with Crippen LogP contribution in [0.15, 0.2) is 24.3 Å². The average Bonchev–Trinajstić information content (AvgIpc) is 1.88. The molecule has 0 fully saturated rings. The summed E-state index contributed by atoms with van der Waals surface area (Å²) >= 11 is 2.20. The molecule has 1 rings (SSSR count). The quantitative estimate of drug-likeness (QED) is 0.738. The van der Waals surface area contributed by atoms with Crippen molar-refractivity contribution in [1.82, 2.24) is 0 Å². The van der Waals surface area contributed by atoms with Gasteiger partial charge in [-0.15, -0.1) is 0 Å². The topological polar surface area (TPSA) is 37.3 Å². The maximum atomic E-state index is 10.5. The van der Waals surface area contributed by atoms with Crippen molar-refractivity contribution < 1.29 is 6.40 Å². The van der Waals surface area contributed by atoms with Crippen LogP contribution >= 0.6 is 11.6 Å². The summed E-state index contributed by atoms with van der Waals surface area (Å²) < 4.78 is 19.8. The molecule has 1 aromatic rings. The van der Waals surface area contributed by atoms with Crippen LogP contribution < -0.4 is 3.51 Å². The van der Waals surface area contributed by atoms with Gasteiger partial charge in [-0.3, -0.25) is 0 Å². The average molecular weight is 267 g/mol. The predicted octanol–water partition coefficient (Wildman–Crippen LogP) is 0.190. The van der Waals surface area contributed by atoms with Gasteiger partial charge in [-0.25, -0.2) is 0 Å². The van der Waals surface area contributed by atoms with Crippen molar-refractivity contribution in [2.75, 3.05) is 0 Å². The minimum absolute atomic E-state index is 0.534. The molecule has 10 heavy (non-hydrogen) atoms. The van der Waals surface area contributed by atoms with E-state index in [1.165, 1.54) is 0 Å². The van der Waals surface area contributed by atoms with E-state index in [9.17, 15) is 3.02 Å². The first kappa shape index (κ1) is 8.19. The Morgan fingerprint density at radius 1 is 1.30 bits per heavy atom.